The monoisotopic (exact) mass is 333 g/mol. The third kappa shape index (κ3) is 3.49. The number of hydrogen-bond donors (Lipinski definition) is 3. The molecule has 3 atom stereocenters. The molecule has 2 heterocycles. The zero-order valence-corrected chi connectivity index (χ0v) is 13.7. The Bertz CT molecular complexity index is 617. The van der Waals surface area contributed by atoms with E-state index in [2.05, 4.69) is 21.1 Å². The first-order chi connectivity index (χ1) is 11.6. The maximum atomic E-state index is 12.4. The van der Waals surface area contributed by atoms with Crippen LogP contribution >= 0.6 is 0 Å². The lowest BCUT2D eigenvalue weighted by atomic mass is 10.0. The standard InChI is InChI=1S/C16H23N5O3/c1-11-15(21(23)24)14(19-18-11)16(22)17-12-6-5-7-13(10-12)20-8-3-2-4-9-20/h5-7,10-11,14-15,18-19H,2-4,8-9H2,1H3,(H,17,22). The molecule has 1 aromatic rings. The molecule has 0 bridgehead atoms. The lowest BCUT2D eigenvalue weighted by Crippen LogP contribution is -2.47. The largest absolute Gasteiger partial charge is 0.371 e. The van der Waals surface area contributed by atoms with Gasteiger partial charge in [0.05, 0.1) is 6.04 Å². The molecule has 0 saturated carbocycles. The zero-order chi connectivity index (χ0) is 17.1. The molecule has 24 heavy (non-hydrogen) atoms. The second-order valence-corrected chi connectivity index (χ2v) is 6.42. The van der Waals surface area contributed by atoms with E-state index in [1.165, 1.54) is 19.3 Å². The molecule has 8 heteroatoms. The Morgan fingerprint density at radius 1 is 1.29 bits per heavy atom. The van der Waals surface area contributed by atoms with Gasteiger partial charge in [-0.05, 0) is 44.4 Å². The molecule has 3 N–H and O–H groups in total. The van der Waals surface area contributed by atoms with E-state index in [4.69, 9.17) is 0 Å². The van der Waals surface area contributed by atoms with Crippen molar-refractivity contribution in [3.63, 3.8) is 0 Å². The summed E-state index contributed by atoms with van der Waals surface area (Å²) in [6.07, 6.45) is 3.61. The molecule has 1 aromatic carbocycles. The molecule has 130 valence electrons. The predicted octanol–water partition coefficient (Wildman–Crippen LogP) is 1.13. The molecule has 2 aliphatic heterocycles. The lowest BCUT2D eigenvalue weighted by Gasteiger charge is -2.29. The van der Waals surface area contributed by atoms with Crippen molar-refractivity contribution in [2.24, 2.45) is 0 Å². The summed E-state index contributed by atoms with van der Waals surface area (Å²) in [6, 6.07) is 5.36. The summed E-state index contributed by atoms with van der Waals surface area (Å²) in [5.41, 5.74) is 7.22. The molecular formula is C16H23N5O3. The average Bonchev–Trinajstić information content (AvgIpc) is 2.98. The number of anilines is 2. The number of hydrogen-bond acceptors (Lipinski definition) is 6. The number of nitrogens with one attached hydrogen (secondary N) is 3. The van der Waals surface area contributed by atoms with Crippen LogP contribution in [0.4, 0.5) is 11.4 Å². The summed E-state index contributed by atoms with van der Waals surface area (Å²) in [5, 5.41) is 14.0. The molecule has 3 rings (SSSR count). The molecule has 0 radical (unpaired) electrons. The third-order valence-electron chi connectivity index (χ3n) is 4.68. The quantitative estimate of drug-likeness (QED) is 0.564. The fourth-order valence-electron chi connectivity index (χ4n) is 3.36. The maximum Gasteiger partial charge on any atom is 0.254 e. The van der Waals surface area contributed by atoms with E-state index in [1.807, 2.05) is 18.2 Å². The molecule has 3 unspecified atom stereocenters. The van der Waals surface area contributed by atoms with Gasteiger partial charge in [-0.1, -0.05) is 6.07 Å². The van der Waals surface area contributed by atoms with E-state index in [1.54, 1.807) is 13.0 Å². The van der Waals surface area contributed by atoms with Crippen molar-refractivity contribution in [1.82, 2.24) is 10.9 Å². The highest BCUT2D eigenvalue weighted by Crippen LogP contribution is 2.23. The van der Waals surface area contributed by atoms with Crippen molar-refractivity contribution in [2.45, 2.75) is 44.3 Å². The van der Waals surface area contributed by atoms with Gasteiger partial charge in [0.25, 0.3) is 6.04 Å². The number of hydrazine groups is 1. The summed E-state index contributed by atoms with van der Waals surface area (Å²) in [4.78, 5) is 25.5. The highest BCUT2D eigenvalue weighted by atomic mass is 16.6. The van der Waals surface area contributed by atoms with Crippen LogP contribution in [0.1, 0.15) is 26.2 Å². The van der Waals surface area contributed by atoms with Gasteiger partial charge in [0, 0.05) is 29.4 Å². The number of nitrogens with zero attached hydrogens (tertiary/aromatic N) is 2. The van der Waals surface area contributed by atoms with Crippen LogP contribution in [0, 0.1) is 10.1 Å². The minimum absolute atomic E-state index is 0.399. The summed E-state index contributed by atoms with van der Waals surface area (Å²) in [7, 11) is 0. The Hall–Kier alpha value is -2.19. The average molecular weight is 333 g/mol. The summed E-state index contributed by atoms with van der Waals surface area (Å²) in [6.45, 7) is 3.73. The first-order valence-corrected chi connectivity index (χ1v) is 8.36. The number of nitro groups is 1. The maximum absolute atomic E-state index is 12.4. The molecule has 0 spiro atoms. The fourth-order valence-corrected chi connectivity index (χ4v) is 3.36. The Labute approximate surface area is 140 Å². The van der Waals surface area contributed by atoms with Crippen molar-refractivity contribution in [3.8, 4) is 0 Å². The van der Waals surface area contributed by atoms with Gasteiger partial charge in [0.1, 0.15) is 0 Å². The molecule has 2 aliphatic rings. The zero-order valence-electron chi connectivity index (χ0n) is 13.7. The Balaban J connectivity index is 1.69. The van der Waals surface area contributed by atoms with Crippen LogP contribution in [0.15, 0.2) is 24.3 Å². The van der Waals surface area contributed by atoms with E-state index in [0.29, 0.717) is 5.69 Å². The van der Waals surface area contributed by atoms with Gasteiger partial charge in [-0.3, -0.25) is 14.9 Å². The Morgan fingerprint density at radius 3 is 2.75 bits per heavy atom. The Kier molecular flexibility index (Phi) is 4.96. The summed E-state index contributed by atoms with van der Waals surface area (Å²) < 4.78 is 0. The predicted molar refractivity (Wildman–Crippen MR) is 91.4 cm³/mol. The molecule has 2 saturated heterocycles. The molecule has 8 nitrogen and oxygen atoms in total. The van der Waals surface area contributed by atoms with Crippen LogP contribution in [-0.2, 0) is 4.79 Å². The van der Waals surface area contributed by atoms with Gasteiger partial charge >= 0.3 is 0 Å². The smallest absolute Gasteiger partial charge is 0.254 e. The van der Waals surface area contributed by atoms with Gasteiger partial charge in [-0.2, -0.15) is 0 Å². The number of benzene rings is 1. The molecular weight excluding hydrogens is 310 g/mol. The number of amides is 1. The number of rotatable bonds is 4. The van der Waals surface area contributed by atoms with E-state index >= 15 is 0 Å². The van der Waals surface area contributed by atoms with Crippen LogP contribution in [-0.4, -0.2) is 42.0 Å². The third-order valence-corrected chi connectivity index (χ3v) is 4.68. The number of carbonyl (C=O) groups excluding carboxylic acids is 1. The SMILES string of the molecule is CC1NNC(C(=O)Nc2cccc(N3CCCCC3)c2)C1[N+](=O)[O-]. The normalized spacial score (nSPS) is 27.0. The van der Waals surface area contributed by atoms with E-state index in [-0.39, 0.29) is 0 Å². The highest BCUT2D eigenvalue weighted by molar-refractivity contribution is 5.96. The minimum atomic E-state index is -0.990. The van der Waals surface area contributed by atoms with Crippen molar-refractivity contribution in [1.29, 1.82) is 0 Å². The van der Waals surface area contributed by atoms with Crippen molar-refractivity contribution in [3.05, 3.63) is 34.4 Å². The van der Waals surface area contributed by atoms with Crippen LogP contribution in [0.25, 0.3) is 0 Å². The van der Waals surface area contributed by atoms with E-state index in [0.717, 1.165) is 18.8 Å². The number of piperidine rings is 1. The first-order valence-electron chi connectivity index (χ1n) is 8.36. The topological polar surface area (TPSA) is 99.5 Å². The van der Waals surface area contributed by atoms with Crippen LogP contribution in [0.2, 0.25) is 0 Å². The van der Waals surface area contributed by atoms with Gasteiger partial charge < -0.3 is 10.2 Å². The van der Waals surface area contributed by atoms with Crippen molar-refractivity contribution < 1.29 is 9.72 Å². The molecule has 0 aromatic heterocycles. The van der Waals surface area contributed by atoms with Crippen LogP contribution < -0.4 is 21.1 Å². The highest BCUT2D eigenvalue weighted by Gasteiger charge is 2.46. The molecule has 2 fully saturated rings. The minimum Gasteiger partial charge on any atom is -0.371 e. The van der Waals surface area contributed by atoms with E-state index in [9.17, 15) is 14.9 Å². The van der Waals surface area contributed by atoms with E-state index < -0.39 is 29.0 Å². The second-order valence-electron chi connectivity index (χ2n) is 6.42. The summed E-state index contributed by atoms with van der Waals surface area (Å²) in [5.74, 6) is -0.399. The van der Waals surface area contributed by atoms with Gasteiger partial charge in [0.15, 0.2) is 6.04 Å². The van der Waals surface area contributed by atoms with Gasteiger partial charge in [0.2, 0.25) is 5.91 Å². The number of carbonyl (C=O) groups is 1. The van der Waals surface area contributed by atoms with Gasteiger partial charge in [-0.25, -0.2) is 10.9 Å². The second kappa shape index (κ2) is 7.14. The Morgan fingerprint density at radius 2 is 2.04 bits per heavy atom. The first kappa shape index (κ1) is 16.7. The van der Waals surface area contributed by atoms with Crippen LogP contribution in [0.3, 0.4) is 0 Å². The van der Waals surface area contributed by atoms with Crippen LogP contribution in [0.5, 0.6) is 0 Å². The fraction of sp³-hybridized carbons (Fsp3) is 0.562. The van der Waals surface area contributed by atoms with Gasteiger partial charge in [-0.15, -0.1) is 0 Å². The van der Waals surface area contributed by atoms with Crippen molar-refractivity contribution >= 4 is 17.3 Å². The van der Waals surface area contributed by atoms with Crippen molar-refractivity contribution in [2.75, 3.05) is 23.3 Å². The summed E-state index contributed by atoms with van der Waals surface area (Å²) >= 11 is 0. The molecule has 0 aliphatic carbocycles. The molecule has 1 amide bonds. The lowest BCUT2D eigenvalue weighted by molar-refractivity contribution is -0.522.